The van der Waals surface area contributed by atoms with Gasteiger partial charge in [0.05, 0.1) is 10.6 Å². The molecule has 0 spiro atoms. The third-order valence-corrected chi connectivity index (χ3v) is 3.54. The zero-order chi connectivity index (χ0) is 15.1. The summed E-state index contributed by atoms with van der Waals surface area (Å²) in [4.78, 5) is 18.0. The van der Waals surface area contributed by atoms with Crippen LogP contribution in [-0.2, 0) is 0 Å². The minimum absolute atomic E-state index is 0.170. The molecule has 0 atom stereocenters. The van der Waals surface area contributed by atoms with Gasteiger partial charge >= 0.3 is 0 Å². The summed E-state index contributed by atoms with van der Waals surface area (Å²) in [6, 6.07) is 2.08. The van der Waals surface area contributed by atoms with Gasteiger partial charge in [0.1, 0.15) is 5.82 Å². The van der Waals surface area contributed by atoms with Gasteiger partial charge < -0.3 is 16.0 Å². The highest BCUT2D eigenvalue weighted by molar-refractivity contribution is 6.33. The molecule has 0 radical (unpaired) electrons. The quantitative estimate of drug-likeness (QED) is 0.757. The van der Waals surface area contributed by atoms with Crippen LogP contribution in [0.1, 0.15) is 37.0 Å². The second kappa shape index (κ2) is 8.07. The summed E-state index contributed by atoms with van der Waals surface area (Å²) in [5, 5.41) is 3.15. The van der Waals surface area contributed by atoms with Gasteiger partial charge in [0.2, 0.25) is 0 Å². The minimum Gasteiger partial charge on any atom is -0.382 e. The Morgan fingerprint density at radius 1 is 1.50 bits per heavy atom. The second-order valence-corrected chi connectivity index (χ2v) is 5.54. The number of halogens is 1. The van der Waals surface area contributed by atoms with Crippen LogP contribution in [0.15, 0.2) is 12.3 Å². The van der Waals surface area contributed by atoms with Gasteiger partial charge in [-0.15, -0.1) is 0 Å². The first-order valence-electron chi connectivity index (χ1n) is 6.81. The molecule has 1 amide bonds. The van der Waals surface area contributed by atoms with Crippen molar-refractivity contribution < 1.29 is 4.79 Å². The zero-order valence-electron chi connectivity index (χ0n) is 12.3. The molecular weight excluding hydrogens is 276 g/mol. The highest BCUT2D eigenvalue weighted by atomic mass is 35.5. The van der Waals surface area contributed by atoms with Crippen molar-refractivity contribution in [2.75, 3.05) is 25.9 Å². The Kier molecular flexibility index (Phi) is 6.75. The van der Waals surface area contributed by atoms with E-state index in [1.807, 2.05) is 0 Å². The predicted octanol–water partition coefficient (Wildman–Crippen LogP) is 2.17. The summed E-state index contributed by atoms with van der Waals surface area (Å²) in [6.07, 6.45) is 3.43. The van der Waals surface area contributed by atoms with Crippen molar-refractivity contribution in [3.05, 3.63) is 22.8 Å². The molecular formula is C14H23ClN4O. The average Bonchev–Trinajstić information content (AvgIpc) is 2.40. The van der Waals surface area contributed by atoms with Gasteiger partial charge in [-0.05, 0) is 46.3 Å². The van der Waals surface area contributed by atoms with Gasteiger partial charge in [-0.1, -0.05) is 11.6 Å². The van der Waals surface area contributed by atoms with Crippen LogP contribution < -0.4 is 11.1 Å². The van der Waals surface area contributed by atoms with E-state index in [4.69, 9.17) is 17.3 Å². The molecule has 0 aliphatic carbocycles. The standard InChI is InChI=1S/C14H23ClN4O/c1-10(2)19(3)7-5-4-6-17-14(20)11-8-12(15)13(16)18-9-11/h8-10H,4-7H2,1-3H3,(H2,16,18)(H,17,20). The summed E-state index contributed by atoms with van der Waals surface area (Å²) in [5.41, 5.74) is 5.94. The normalized spacial score (nSPS) is 11.1. The van der Waals surface area contributed by atoms with Gasteiger partial charge in [0.15, 0.2) is 0 Å². The smallest absolute Gasteiger partial charge is 0.252 e. The van der Waals surface area contributed by atoms with E-state index in [2.05, 4.69) is 36.1 Å². The lowest BCUT2D eigenvalue weighted by Gasteiger charge is -2.20. The summed E-state index contributed by atoms with van der Waals surface area (Å²) in [7, 11) is 2.10. The first kappa shape index (κ1) is 16.7. The first-order valence-corrected chi connectivity index (χ1v) is 7.19. The molecule has 112 valence electrons. The second-order valence-electron chi connectivity index (χ2n) is 5.13. The van der Waals surface area contributed by atoms with Crippen LogP contribution in [0.3, 0.4) is 0 Å². The number of aromatic nitrogens is 1. The predicted molar refractivity (Wildman–Crippen MR) is 83.0 cm³/mol. The number of anilines is 1. The van der Waals surface area contributed by atoms with Gasteiger partial charge in [0.25, 0.3) is 5.91 Å². The highest BCUT2D eigenvalue weighted by Crippen LogP contribution is 2.16. The van der Waals surface area contributed by atoms with Crippen LogP contribution in [0.4, 0.5) is 5.82 Å². The van der Waals surface area contributed by atoms with E-state index in [9.17, 15) is 4.79 Å². The van der Waals surface area contributed by atoms with E-state index in [1.54, 1.807) is 0 Å². The molecule has 5 nitrogen and oxygen atoms in total. The maximum absolute atomic E-state index is 11.9. The Morgan fingerprint density at radius 2 is 2.20 bits per heavy atom. The number of pyridine rings is 1. The summed E-state index contributed by atoms with van der Waals surface area (Å²) in [6.45, 7) is 6.01. The Labute approximate surface area is 125 Å². The van der Waals surface area contributed by atoms with E-state index >= 15 is 0 Å². The fourth-order valence-corrected chi connectivity index (χ4v) is 1.79. The molecule has 0 aliphatic rings. The number of rotatable bonds is 7. The van der Waals surface area contributed by atoms with Crippen LogP contribution in [0.25, 0.3) is 0 Å². The molecule has 0 aromatic carbocycles. The largest absolute Gasteiger partial charge is 0.382 e. The molecule has 1 heterocycles. The monoisotopic (exact) mass is 298 g/mol. The third-order valence-electron chi connectivity index (χ3n) is 3.24. The van der Waals surface area contributed by atoms with Crippen molar-refractivity contribution in [3.63, 3.8) is 0 Å². The number of unbranched alkanes of at least 4 members (excludes halogenated alkanes) is 1. The van der Waals surface area contributed by atoms with Crippen molar-refractivity contribution in [3.8, 4) is 0 Å². The molecule has 1 rings (SSSR count). The molecule has 0 unspecified atom stereocenters. The van der Waals surface area contributed by atoms with Gasteiger partial charge in [0, 0.05) is 18.8 Å². The maximum Gasteiger partial charge on any atom is 0.252 e. The van der Waals surface area contributed by atoms with Crippen LogP contribution in [0.2, 0.25) is 5.02 Å². The number of hydrogen-bond acceptors (Lipinski definition) is 4. The van der Waals surface area contributed by atoms with Crippen LogP contribution in [0, 0.1) is 0 Å². The third kappa shape index (κ3) is 5.35. The molecule has 0 saturated carbocycles. The zero-order valence-corrected chi connectivity index (χ0v) is 13.1. The molecule has 0 fully saturated rings. The van der Waals surface area contributed by atoms with Crippen molar-refractivity contribution in [1.82, 2.24) is 15.2 Å². The summed E-state index contributed by atoms with van der Waals surface area (Å²) in [5.74, 6) is 0.0663. The number of nitrogens with zero attached hydrogens (tertiary/aromatic N) is 2. The molecule has 0 saturated heterocycles. The molecule has 3 N–H and O–H groups in total. The van der Waals surface area contributed by atoms with Gasteiger partial charge in [-0.3, -0.25) is 4.79 Å². The SMILES string of the molecule is CC(C)N(C)CCCCNC(=O)c1cnc(N)c(Cl)c1. The lowest BCUT2D eigenvalue weighted by atomic mass is 10.2. The van der Waals surface area contributed by atoms with E-state index in [-0.39, 0.29) is 11.7 Å². The number of carbonyl (C=O) groups is 1. The highest BCUT2D eigenvalue weighted by Gasteiger charge is 2.08. The van der Waals surface area contributed by atoms with Crippen molar-refractivity contribution >= 4 is 23.3 Å². The fraction of sp³-hybridized carbons (Fsp3) is 0.571. The Balaban J connectivity index is 2.28. The van der Waals surface area contributed by atoms with Crippen molar-refractivity contribution in [1.29, 1.82) is 0 Å². The van der Waals surface area contributed by atoms with Crippen LogP contribution in [-0.4, -0.2) is 42.0 Å². The Morgan fingerprint density at radius 3 is 2.80 bits per heavy atom. The van der Waals surface area contributed by atoms with Crippen molar-refractivity contribution in [2.24, 2.45) is 0 Å². The summed E-state index contributed by atoms with van der Waals surface area (Å²) < 4.78 is 0. The number of amides is 1. The minimum atomic E-state index is -0.170. The molecule has 1 aromatic heterocycles. The Hall–Kier alpha value is -1.33. The average molecular weight is 299 g/mol. The molecule has 0 aliphatic heterocycles. The number of nitrogens with one attached hydrogen (secondary N) is 1. The Bertz CT molecular complexity index is 451. The fourth-order valence-electron chi connectivity index (χ4n) is 1.62. The number of nitrogen functional groups attached to an aromatic ring is 1. The number of carbonyl (C=O) groups excluding carboxylic acids is 1. The van der Waals surface area contributed by atoms with Crippen molar-refractivity contribution in [2.45, 2.75) is 32.7 Å². The van der Waals surface area contributed by atoms with E-state index in [0.717, 1.165) is 19.4 Å². The lowest BCUT2D eigenvalue weighted by Crippen LogP contribution is -2.29. The van der Waals surface area contributed by atoms with E-state index < -0.39 is 0 Å². The van der Waals surface area contributed by atoms with E-state index in [1.165, 1.54) is 12.3 Å². The van der Waals surface area contributed by atoms with Crippen LogP contribution >= 0.6 is 11.6 Å². The molecule has 6 heteroatoms. The molecule has 20 heavy (non-hydrogen) atoms. The number of hydrogen-bond donors (Lipinski definition) is 2. The molecule has 0 bridgehead atoms. The maximum atomic E-state index is 11.9. The topological polar surface area (TPSA) is 71.2 Å². The molecule has 1 aromatic rings. The first-order chi connectivity index (χ1) is 9.41. The number of nitrogens with two attached hydrogens (primary N) is 1. The van der Waals surface area contributed by atoms with Gasteiger partial charge in [-0.2, -0.15) is 0 Å². The summed E-state index contributed by atoms with van der Waals surface area (Å²) >= 11 is 5.83. The van der Waals surface area contributed by atoms with Gasteiger partial charge in [-0.25, -0.2) is 4.98 Å². The lowest BCUT2D eigenvalue weighted by molar-refractivity contribution is 0.0952. The van der Waals surface area contributed by atoms with Crippen LogP contribution in [0.5, 0.6) is 0 Å². The van der Waals surface area contributed by atoms with E-state index in [0.29, 0.717) is 23.2 Å².